The largest absolute Gasteiger partial charge is 0.353 e. The Morgan fingerprint density at radius 1 is 1.04 bits per heavy atom. The molecule has 7 nitrogen and oxygen atoms in total. The van der Waals surface area contributed by atoms with E-state index >= 15 is 0 Å². The van der Waals surface area contributed by atoms with Gasteiger partial charge in [0.1, 0.15) is 5.82 Å². The van der Waals surface area contributed by atoms with Gasteiger partial charge in [-0.05, 0) is 42.7 Å². The predicted molar refractivity (Wildman–Crippen MR) is 112 cm³/mol. The summed E-state index contributed by atoms with van der Waals surface area (Å²) in [5.74, 6) is 1.10. The molecule has 1 aromatic carbocycles. The van der Waals surface area contributed by atoms with Crippen LogP contribution in [0.2, 0.25) is 0 Å². The Bertz CT molecular complexity index is 1180. The van der Waals surface area contributed by atoms with Crippen LogP contribution in [0.5, 0.6) is 0 Å². The lowest BCUT2D eigenvalue weighted by Gasteiger charge is -2.35. The molecule has 0 aliphatic carbocycles. The van der Waals surface area contributed by atoms with Gasteiger partial charge in [0.05, 0.1) is 22.5 Å². The van der Waals surface area contributed by atoms with E-state index in [1.807, 2.05) is 19.1 Å². The smallest absolute Gasteiger partial charge is 0.349 e. The molecule has 0 atom stereocenters. The van der Waals surface area contributed by atoms with Gasteiger partial charge >= 0.3 is 5.69 Å². The van der Waals surface area contributed by atoms with Crippen molar-refractivity contribution in [2.24, 2.45) is 0 Å². The van der Waals surface area contributed by atoms with E-state index < -0.39 is 0 Å². The van der Waals surface area contributed by atoms with Gasteiger partial charge in [0, 0.05) is 44.3 Å². The summed E-state index contributed by atoms with van der Waals surface area (Å²) in [4.78, 5) is 17.3. The van der Waals surface area contributed by atoms with E-state index in [2.05, 4.69) is 43.5 Å². The maximum absolute atomic E-state index is 12.6. The number of piperazine rings is 1. The minimum Gasteiger partial charge on any atom is -0.353 e. The SMILES string of the molecule is Cc1nn(CCN2CCN(c3nsc4ccccc34)CC2)c(=O)n2cccc12. The van der Waals surface area contributed by atoms with Crippen LogP contribution in [0.4, 0.5) is 5.82 Å². The lowest BCUT2D eigenvalue weighted by molar-refractivity contribution is 0.241. The standard InChI is InChI=1S/C20H22N6OS/c1-15-17-6-4-8-25(17)20(27)26(21-15)14-11-23-9-12-24(13-10-23)19-16-5-2-3-7-18(16)28-22-19/h2-8H,9-14H2,1H3. The number of aryl methyl sites for hydroxylation is 1. The van der Waals surface area contributed by atoms with Gasteiger partial charge in [-0.25, -0.2) is 9.48 Å². The normalized spacial score (nSPS) is 15.7. The van der Waals surface area contributed by atoms with Gasteiger partial charge in [0.15, 0.2) is 0 Å². The molecule has 5 rings (SSSR count). The summed E-state index contributed by atoms with van der Waals surface area (Å²) < 4.78 is 9.17. The molecule has 1 aliphatic rings. The molecule has 0 unspecified atom stereocenters. The Balaban J connectivity index is 1.25. The zero-order chi connectivity index (χ0) is 19.1. The van der Waals surface area contributed by atoms with Crippen molar-refractivity contribution in [2.75, 3.05) is 37.6 Å². The predicted octanol–water partition coefficient (Wildman–Crippen LogP) is 2.24. The van der Waals surface area contributed by atoms with Crippen LogP contribution in [0.3, 0.4) is 0 Å². The number of anilines is 1. The molecule has 0 spiro atoms. The molecule has 1 saturated heterocycles. The van der Waals surface area contributed by atoms with E-state index in [9.17, 15) is 4.79 Å². The third-order valence-corrected chi connectivity index (χ3v) is 6.29. The first kappa shape index (κ1) is 17.4. The summed E-state index contributed by atoms with van der Waals surface area (Å²) in [6.07, 6.45) is 1.81. The molecule has 4 aromatic rings. The van der Waals surface area contributed by atoms with Gasteiger partial charge in [0.25, 0.3) is 0 Å². The van der Waals surface area contributed by atoms with Crippen LogP contribution < -0.4 is 10.6 Å². The molecule has 3 aromatic heterocycles. The molecule has 1 aliphatic heterocycles. The van der Waals surface area contributed by atoms with Crippen LogP contribution in [0, 0.1) is 6.92 Å². The third kappa shape index (κ3) is 2.98. The van der Waals surface area contributed by atoms with Crippen molar-refractivity contribution in [3.8, 4) is 0 Å². The highest BCUT2D eigenvalue weighted by atomic mass is 32.1. The average molecular weight is 395 g/mol. The quantitative estimate of drug-likeness (QED) is 0.531. The first-order valence-electron chi connectivity index (χ1n) is 9.57. The lowest BCUT2D eigenvalue weighted by atomic mass is 10.2. The van der Waals surface area contributed by atoms with Crippen molar-refractivity contribution >= 4 is 33.0 Å². The number of hydrogen-bond acceptors (Lipinski definition) is 6. The van der Waals surface area contributed by atoms with Crippen LogP contribution in [0.25, 0.3) is 15.6 Å². The molecule has 1 fully saturated rings. The third-order valence-electron chi connectivity index (χ3n) is 5.48. The fraction of sp³-hybridized carbons (Fsp3) is 0.350. The molecular formula is C20H22N6OS. The minimum absolute atomic E-state index is 0.0711. The Kier molecular flexibility index (Phi) is 4.37. The highest BCUT2D eigenvalue weighted by molar-refractivity contribution is 7.13. The summed E-state index contributed by atoms with van der Waals surface area (Å²) in [6.45, 7) is 7.20. The number of rotatable bonds is 4. The van der Waals surface area contributed by atoms with Gasteiger partial charge in [-0.2, -0.15) is 9.47 Å². The summed E-state index contributed by atoms with van der Waals surface area (Å²) >= 11 is 1.57. The second-order valence-electron chi connectivity index (χ2n) is 7.19. The zero-order valence-corrected chi connectivity index (χ0v) is 16.6. The van der Waals surface area contributed by atoms with Crippen molar-refractivity contribution < 1.29 is 0 Å². The first-order valence-corrected chi connectivity index (χ1v) is 10.3. The molecule has 144 valence electrons. The van der Waals surface area contributed by atoms with Crippen molar-refractivity contribution in [2.45, 2.75) is 13.5 Å². The van der Waals surface area contributed by atoms with Crippen LogP contribution in [0.15, 0.2) is 47.4 Å². The van der Waals surface area contributed by atoms with Crippen molar-refractivity contribution in [3.63, 3.8) is 0 Å². The van der Waals surface area contributed by atoms with E-state index in [1.165, 1.54) is 10.1 Å². The molecule has 0 N–H and O–H groups in total. The molecule has 4 heterocycles. The number of nitrogens with zero attached hydrogens (tertiary/aromatic N) is 6. The van der Waals surface area contributed by atoms with Crippen LogP contribution in [-0.2, 0) is 6.54 Å². The highest BCUT2D eigenvalue weighted by Gasteiger charge is 2.20. The van der Waals surface area contributed by atoms with Crippen molar-refractivity contribution in [1.29, 1.82) is 0 Å². The number of hydrogen-bond donors (Lipinski definition) is 0. The number of benzene rings is 1. The van der Waals surface area contributed by atoms with Crippen LogP contribution >= 0.6 is 11.5 Å². The van der Waals surface area contributed by atoms with E-state index in [0.717, 1.165) is 49.8 Å². The maximum Gasteiger partial charge on any atom is 0.349 e. The summed E-state index contributed by atoms with van der Waals surface area (Å²) in [5, 5.41) is 5.73. The Labute approximate surface area is 166 Å². The van der Waals surface area contributed by atoms with Crippen molar-refractivity contribution in [1.82, 2.24) is 23.5 Å². The number of aromatic nitrogens is 4. The fourth-order valence-electron chi connectivity index (χ4n) is 3.91. The summed E-state index contributed by atoms with van der Waals surface area (Å²) in [5.41, 5.74) is 1.69. The maximum atomic E-state index is 12.6. The second-order valence-corrected chi connectivity index (χ2v) is 7.99. The number of fused-ring (bicyclic) bond motifs is 2. The fourth-order valence-corrected chi connectivity index (χ4v) is 4.70. The van der Waals surface area contributed by atoms with Gasteiger partial charge in [-0.1, -0.05) is 12.1 Å². The van der Waals surface area contributed by atoms with Gasteiger partial charge < -0.3 is 4.90 Å². The first-order chi connectivity index (χ1) is 13.7. The van der Waals surface area contributed by atoms with Crippen LogP contribution in [-0.4, -0.2) is 56.2 Å². The minimum atomic E-state index is -0.0711. The van der Waals surface area contributed by atoms with Crippen molar-refractivity contribution in [3.05, 3.63) is 58.8 Å². The Morgan fingerprint density at radius 2 is 1.86 bits per heavy atom. The molecule has 8 heteroatoms. The Morgan fingerprint density at radius 3 is 2.71 bits per heavy atom. The summed E-state index contributed by atoms with van der Waals surface area (Å²) in [7, 11) is 0. The highest BCUT2D eigenvalue weighted by Crippen LogP contribution is 2.29. The molecular weight excluding hydrogens is 372 g/mol. The van der Waals surface area contributed by atoms with E-state index in [-0.39, 0.29) is 5.69 Å². The summed E-state index contributed by atoms with van der Waals surface area (Å²) in [6, 6.07) is 12.2. The molecule has 0 saturated carbocycles. The molecule has 0 radical (unpaired) electrons. The van der Waals surface area contributed by atoms with Gasteiger partial charge in [-0.3, -0.25) is 9.30 Å². The Hall–Kier alpha value is -2.71. The zero-order valence-electron chi connectivity index (χ0n) is 15.8. The van der Waals surface area contributed by atoms with E-state index in [1.54, 1.807) is 26.8 Å². The van der Waals surface area contributed by atoms with E-state index in [0.29, 0.717) is 6.54 Å². The molecule has 0 amide bonds. The second kappa shape index (κ2) is 7.03. The average Bonchev–Trinajstić information content (AvgIpc) is 3.38. The lowest BCUT2D eigenvalue weighted by Crippen LogP contribution is -2.48. The molecule has 0 bridgehead atoms. The van der Waals surface area contributed by atoms with Crippen LogP contribution in [0.1, 0.15) is 5.69 Å². The molecule has 28 heavy (non-hydrogen) atoms. The monoisotopic (exact) mass is 394 g/mol. The van der Waals surface area contributed by atoms with E-state index in [4.69, 9.17) is 0 Å². The van der Waals surface area contributed by atoms with Gasteiger partial charge in [0.2, 0.25) is 0 Å². The van der Waals surface area contributed by atoms with Gasteiger partial charge in [-0.15, -0.1) is 0 Å². The topological polar surface area (TPSA) is 58.7 Å².